The van der Waals surface area contributed by atoms with Gasteiger partial charge in [0.2, 0.25) is 0 Å². The Labute approximate surface area is 163 Å². The van der Waals surface area contributed by atoms with E-state index in [4.69, 9.17) is 11.6 Å². The molecule has 0 amide bonds. The number of benzene rings is 4. The van der Waals surface area contributed by atoms with Crippen LogP contribution >= 0.6 is 11.6 Å². The summed E-state index contributed by atoms with van der Waals surface area (Å²) in [6, 6.07) is 19.4. The van der Waals surface area contributed by atoms with E-state index < -0.39 is 0 Å². The van der Waals surface area contributed by atoms with Crippen LogP contribution in [0.2, 0.25) is 5.02 Å². The second-order valence-electron chi connectivity index (χ2n) is 7.92. The van der Waals surface area contributed by atoms with Gasteiger partial charge in [0.15, 0.2) is 0 Å². The lowest BCUT2D eigenvalue weighted by Gasteiger charge is -2.24. The van der Waals surface area contributed by atoms with Crippen molar-refractivity contribution in [3.05, 3.63) is 71.2 Å². The van der Waals surface area contributed by atoms with Crippen molar-refractivity contribution in [2.45, 2.75) is 26.2 Å². The fourth-order valence-electron chi connectivity index (χ4n) is 3.72. The van der Waals surface area contributed by atoms with E-state index in [0.29, 0.717) is 11.1 Å². The maximum absolute atomic E-state index is 11.3. The van der Waals surface area contributed by atoms with Crippen LogP contribution in [0, 0.1) is 0 Å². The summed E-state index contributed by atoms with van der Waals surface area (Å²) >= 11 is 6.34. The number of aromatic hydroxyl groups is 2. The highest BCUT2D eigenvalue weighted by Gasteiger charge is 2.26. The molecule has 0 unspecified atom stereocenters. The van der Waals surface area contributed by atoms with Crippen LogP contribution in [-0.2, 0) is 5.41 Å². The number of phenolic OH excluding ortho intramolecular Hbond substituents is 2. The van der Waals surface area contributed by atoms with Crippen molar-refractivity contribution in [3.8, 4) is 22.6 Å². The Hall–Kier alpha value is -2.71. The Morgan fingerprint density at radius 1 is 0.704 bits per heavy atom. The molecule has 0 saturated heterocycles. The molecule has 0 radical (unpaired) electrons. The third-order valence-corrected chi connectivity index (χ3v) is 5.34. The highest BCUT2D eigenvalue weighted by Crippen LogP contribution is 2.50. The number of fused-ring (bicyclic) bond motifs is 2. The van der Waals surface area contributed by atoms with E-state index in [9.17, 15) is 10.2 Å². The molecule has 0 aliphatic rings. The average Bonchev–Trinajstić information content (AvgIpc) is 2.62. The first kappa shape index (κ1) is 17.7. The van der Waals surface area contributed by atoms with Gasteiger partial charge in [-0.2, -0.15) is 0 Å². The van der Waals surface area contributed by atoms with Crippen molar-refractivity contribution >= 4 is 33.1 Å². The fourth-order valence-corrected chi connectivity index (χ4v) is 3.93. The molecule has 0 bridgehead atoms. The molecule has 136 valence electrons. The van der Waals surface area contributed by atoms with Crippen LogP contribution in [0.3, 0.4) is 0 Å². The molecule has 2 nitrogen and oxygen atoms in total. The number of phenols is 2. The Morgan fingerprint density at radius 2 is 1.19 bits per heavy atom. The summed E-state index contributed by atoms with van der Waals surface area (Å²) in [5, 5.41) is 26.1. The maximum Gasteiger partial charge on any atom is 0.142 e. The molecule has 0 atom stereocenters. The average molecular weight is 377 g/mol. The lowest BCUT2D eigenvalue weighted by molar-refractivity contribution is 0.448. The quantitative estimate of drug-likeness (QED) is 0.374. The Morgan fingerprint density at radius 3 is 1.74 bits per heavy atom. The van der Waals surface area contributed by atoms with Crippen molar-refractivity contribution in [3.63, 3.8) is 0 Å². The lowest BCUT2D eigenvalue weighted by atomic mass is 9.81. The topological polar surface area (TPSA) is 40.5 Å². The first-order valence-corrected chi connectivity index (χ1v) is 9.32. The van der Waals surface area contributed by atoms with E-state index in [-0.39, 0.29) is 21.9 Å². The van der Waals surface area contributed by atoms with Gasteiger partial charge in [0.25, 0.3) is 0 Å². The maximum atomic E-state index is 11.3. The van der Waals surface area contributed by atoms with E-state index in [1.165, 1.54) is 0 Å². The van der Waals surface area contributed by atoms with Gasteiger partial charge in [-0.25, -0.2) is 0 Å². The summed E-state index contributed by atoms with van der Waals surface area (Å²) in [5.41, 5.74) is 1.76. The Kier molecular flexibility index (Phi) is 4.05. The van der Waals surface area contributed by atoms with Crippen molar-refractivity contribution in [1.82, 2.24) is 0 Å². The van der Waals surface area contributed by atoms with Crippen LogP contribution < -0.4 is 0 Å². The van der Waals surface area contributed by atoms with Gasteiger partial charge in [-0.05, 0) is 39.1 Å². The monoisotopic (exact) mass is 376 g/mol. The predicted molar refractivity (Wildman–Crippen MR) is 114 cm³/mol. The van der Waals surface area contributed by atoms with Crippen molar-refractivity contribution in [1.29, 1.82) is 0 Å². The number of rotatable bonds is 1. The van der Waals surface area contributed by atoms with Crippen molar-refractivity contribution < 1.29 is 10.2 Å². The van der Waals surface area contributed by atoms with Gasteiger partial charge in [-0.1, -0.05) is 80.9 Å². The molecule has 2 N–H and O–H groups in total. The van der Waals surface area contributed by atoms with E-state index in [1.807, 2.05) is 54.6 Å². The molecule has 0 heterocycles. The first-order valence-electron chi connectivity index (χ1n) is 8.95. The van der Waals surface area contributed by atoms with Gasteiger partial charge in [-0.3, -0.25) is 0 Å². The molecule has 4 aromatic rings. The van der Waals surface area contributed by atoms with E-state index in [0.717, 1.165) is 27.1 Å². The molecule has 0 spiro atoms. The van der Waals surface area contributed by atoms with Crippen LogP contribution in [0.15, 0.2) is 60.7 Å². The molecule has 0 saturated carbocycles. The smallest absolute Gasteiger partial charge is 0.142 e. The summed E-state index contributed by atoms with van der Waals surface area (Å²) in [4.78, 5) is 0. The highest BCUT2D eigenvalue weighted by atomic mass is 35.5. The number of hydrogen-bond donors (Lipinski definition) is 2. The van der Waals surface area contributed by atoms with Crippen LogP contribution in [-0.4, -0.2) is 10.2 Å². The van der Waals surface area contributed by atoms with E-state index in [1.54, 1.807) is 6.07 Å². The third-order valence-electron chi connectivity index (χ3n) is 5.06. The molecule has 4 rings (SSSR count). The zero-order valence-electron chi connectivity index (χ0n) is 15.5. The molecular weight excluding hydrogens is 356 g/mol. The van der Waals surface area contributed by atoms with Crippen LogP contribution in [0.5, 0.6) is 11.5 Å². The second kappa shape index (κ2) is 6.17. The van der Waals surface area contributed by atoms with E-state index in [2.05, 4.69) is 20.8 Å². The molecule has 0 fully saturated rings. The SMILES string of the molecule is CC(C)(C)c1cc2ccccc2c(-c2c(O)c(Cl)cc3ccccc23)c1O. The van der Waals surface area contributed by atoms with Gasteiger partial charge < -0.3 is 10.2 Å². The summed E-state index contributed by atoms with van der Waals surface area (Å²) in [7, 11) is 0. The van der Waals surface area contributed by atoms with Gasteiger partial charge in [0.05, 0.1) is 5.02 Å². The molecule has 0 aliphatic carbocycles. The minimum atomic E-state index is -0.257. The summed E-state index contributed by atoms with van der Waals surface area (Å²) in [5.74, 6) is 0.172. The third kappa shape index (κ3) is 2.81. The van der Waals surface area contributed by atoms with Crippen LogP contribution in [0.25, 0.3) is 32.7 Å². The number of hydrogen-bond acceptors (Lipinski definition) is 2. The fraction of sp³-hybridized carbons (Fsp3) is 0.167. The highest BCUT2D eigenvalue weighted by molar-refractivity contribution is 6.34. The minimum Gasteiger partial charge on any atom is -0.507 e. The Bertz CT molecular complexity index is 1190. The normalized spacial score (nSPS) is 12.0. The zero-order chi connectivity index (χ0) is 19.3. The van der Waals surface area contributed by atoms with Crippen LogP contribution in [0.1, 0.15) is 26.3 Å². The lowest BCUT2D eigenvalue weighted by Crippen LogP contribution is -2.12. The summed E-state index contributed by atoms with van der Waals surface area (Å²) < 4.78 is 0. The largest absolute Gasteiger partial charge is 0.507 e. The van der Waals surface area contributed by atoms with Gasteiger partial charge in [0.1, 0.15) is 11.5 Å². The molecule has 27 heavy (non-hydrogen) atoms. The van der Waals surface area contributed by atoms with Crippen molar-refractivity contribution in [2.75, 3.05) is 0 Å². The molecule has 0 aromatic heterocycles. The molecular formula is C24H21ClO2. The van der Waals surface area contributed by atoms with E-state index >= 15 is 0 Å². The minimum absolute atomic E-state index is 0.0121. The Balaban J connectivity index is 2.26. The van der Waals surface area contributed by atoms with Gasteiger partial charge in [0, 0.05) is 16.7 Å². The summed E-state index contributed by atoms with van der Waals surface area (Å²) in [6.07, 6.45) is 0. The zero-order valence-corrected chi connectivity index (χ0v) is 16.3. The molecule has 4 aromatic carbocycles. The molecule has 3 heteroatoms. The first-order chi connectivity index (χ1) is 12.8. The standard InChI is InChI=1S/C24H21ClO2/c1-24(2,3)18-12-14-8-4-6-10-16(14)20(22(18)26)21-17-11-7-5-9-15(17)13-19(25)23(21)27/h4-13,26-27H,1-3H3. The molecule has 0 aliphatic heterocycles. The van der Waals surface area contributed by atoms with Crippen LogP contribution in [0.4, 0.5) is 0 Å². The van der Waals surface area contributed by atoms with Gasteiger partial charge >= 0.3 is 0 Å². The predicted octanol–water partition coefficient (Wildman–Crippen LogP) is 7.02. The van der Waals surface area contributed by atoms with Crippen molar-refractivity contribution in [2.24, 2.45) is 0 Å². The van der Waals surface area contributed by atoms with Gasteiger partial charge in [-0.15, -0.1) is 0 Å². The second-order valence-corrected chi connectivity index (χ2v) is 8.33. The number of halogens is 1. The summed E-state index contributed by atoms with van der Waals surface area (Å²) in [6.45, 7) is 6.20.